The Hall–Kier alpha value is -0.690. The van der Waals surface area contributed by atoms with Crippen LogP contribution >= 0.6 is 22.6 Å². The molecule has 1 heterocycles. The van der Waals surface area contributed by atoms with E-state index in [4.69, 9.17) is 5.73 Å². The van der Waals surface area contributed by atoms with E-state index in [1.807, 2.05) is 13.0 Å². The van der Waals surface area contributed by atoms with Gasteiger partial charge < -0.3 is 11.1 Å². The summed E-state index contributed by atoms with van der Waals surface area (Å²) in [7, 11) is 0. The normalized spacial score (nSPS) is 12.3. The van der Waals surface area contributed by atoms with E-state index in [9.17, 15) is 4.79 Å². The topological polar surface area (TPSA) is 68.0 Å². The van der Waals surface area contributed by atoms with E-state index in [1.165, 1.54) is 0 Å². The lowest BCUT2D eigenvalue weighted by Crippen LogP contribution is -2.33. The van der Waals surface area contributed by atoms with Gasteiger partial charge in [0.1, 0.15) is 5.82 Å². The lowest BCUT2D eigenvalue weighted by atomic mass is 10.2. The largest absolute Gasteiger partial charge is 0.320 e. The van der Waals surface area contributed by atoms with Crippen LogP contribution in [0, 0.1) is 10.5 Å². The minimum Gasteiger partial charge on any atom is -0.320 e. The molecular formula is C9H12IN3O. The third-order valence-electron chi connectivity index (χ3n) is 1.70. The maximum absolute atomic E-state index is 11.3. The number of halogens is 1. The van der Waals surface area contributed by atoms with Crippen LogP contribution in [-0.2, 0) is 4.79 Å². The molecule has 0 bridgehead atoms. The number of aryl methyl sites for hydroxylation is 1. The fourth-order valence-electron chi connectivity index (χ4n) is 0.902. The minimum atomic E-state index is -0.518. The zero-order valence-corrected chi connectivity index (χ0v) is 10.2. The summed E-state index contributed by atoms with van der Waals surface area (Å²) >= 11 is 2.17. The van der Waals surface area contributed by atoms with Gasteiger partial charge in [-0.3, -0.25) is 4.79 Å². The van der Waals surface area contributed by atoms with Crippen molar-refractivity contribution in [3.8, 4) is 0 Å². The van der Waals surface area contributed by atoms with Crippen LogP contribution < -0.4 is 11.1 Å². The van der Waals surface area contributed by atoms with Crippen molar-refractivity contribution in [2.24, 2.45) is 5.73 Å². The first-order valence-electron chi connectivity index (χ1n) is 4.19. The summed E-state index contributed by atoms with van der Waals surface area (Å²) < 4.78 is 1.04. The first-order valence-corrected chi connectivity index (χ1v) is 5.27. The molecule has 5 heteroatoms. The molecule has 1 amide bonds. The predicted octanol–water partition coefficient (Wildman–Crippen LogP) is 1.28. The van der Waals surface area contributed by atoms with Gasteiger partial charge in [0, 0.05) is 9.77 Å². The van der Waals surface area contributed by atoms with Crippen LogP contribution in [0.2, 0.25) is 0 Å². The highest BCUT2D eigenvalue weighted by molar-refractivity contribution is 14.1. The van der Waals surface area contributed by atoms with Gasteiger partial charge in [-0.15, -0.1) is 0 Å². The van der Waals surface area contributed by atoms with Gasteiger partial charge in [0.25, 0.3) is 0 Å². The lowest BCUT2D eigenvalue weighted by molar-refractivity contribution is -0.117. The van der Waals surface area contributed by atoms with Crippen molar-refractivity contribution in [1.82, 2.24) is 4.98 Å². The minimum absolute atomic E-state index is 0.221. The number of nitrogens with one attached hydrogen (secondary N) is 1. The summed E-state index contributed by atoms with van der Waals surface area (Å²) in [5, 5.41) is 2.66. The zero-order chi connectivity index (χ0) is 10.7. The molecule has 1 aromatic rings. The van der Waals surface area contributed by atoms with Crippen molar-refractivity contribution in [3.05, 3.63) is 21.4 Å². The Morgan fingerprint density at radius 1 is 1.71 bits per heavy atom. The van der Waals surface area contributed by atoms with E-state index >= 15 is 0 Å². The van der Waals surface area contributed by atoms with Gasteiger partial charge in [0.05, 0.1) is 6.04 Å². The monoisotopic (exact) mass is 305 g/mol. The molecule has 0 aliphatic rings. The number of amides is 1. The quantitative estimate of drug-likeness (QED) is 0.809. The molecule has 0 saturated carbocycles. The second kappa shape index (κ2) is 4.70. The molecule has 0 saturated heterocycles. The second-order valence-corrected chi connectivity index (χ2v) is 4.34. The summed E-state index contributed by atoms with van der Waals surface area (Å²) in [6.45, 7) is 3.53. The molecule has 0 spiro atoms. The third kappa shape index (κ3) is 2.91. The van der Waals surface area contributed by atoms with Crippen molar-refractivity contribution in [2.75, 3.05) is 5.32 Å². The zero-order valence-electron chi connectivity index (χ0n) is 8.04. The maximum Gasteiger partial charge on any atom is 0.242 e. The maximum atomic E-state index is 11.3. The van der Waals surface area contributed by atoms with E-state index in [0.29, 0.717) is 5.82 Å². The summed E-state index contributed by atoms with van der Waals surface area (Å²) in [4.78, 5) is 15.4. The van der Waals surface area contributed by atoms with Crippen LogP contribution in [0.3, 0.4) is 0 Å². The average Bonchev–Trinajstić information content (AvgIpc) is 2.09. The van der Waals surface area contributed by atoms with Gasteiger partial charge in [0.2, 0.25) is 5.91 Å². The van der Waals surface area contributed by atoms with Crippen molar-refractivity contribution in [1.29, 1.82) is 0 Å². The summed E-state index contributed by atoms with van der Waals surface area (Å²) in [6.07, 6.45) is 1.70. The van der Waals surface area contributed by atoms with Crippen molar-refractivity contribution in [3.63, 3.8) is 0 Å². The van der Waals surface area contributed by atoms with Crippen molar-refractivity contribution >= 4 is 34.3 Å². The molecule has 0 aliphatic carbocycles. The molecule has 14 heavy (non-hydrogen) atoms. The molecule has 3 N–H and O–H groups in total. The molecule has 1 rings (SSSR count). The predicted molar refractivity (Wildman–Crippen MR) is 64.0 cm³/mol. The summed E-state index contributed by atoms with van der Waals surface area (Å²) in [5.41, 5.74) is 6.36. The smallest absolute Gasteiger partial charge is 0.242 e. The van der Waals surface area contributed by atoms with E-state index in [2.05, 4.69) is 32.9 Å². The van der Waals surface area contributed by atoms with Gasteiger partial charge >= 0.3 is 0 Å². The number of pyridine rings is 1. The number of hydrogen-bond donors (Lipinski definition) is 2. The molecule has 0 aromatic carbocycles. The van der Waals surface area contributed by atoms with Crippen molar-refractivity contribution < 1.29 is 4.79 Å². The van der Waals surface area contributed by atoms with E-state index in [-0.39, 0.29) is 5.91 Å². The number of nitrogens with zero attached hydrogens (tertiary/aromatic N) is 1. The standard InChI is InChI=1S/C9H12IN3O/c1-5-3-7(10)4-12-8(5)13-9(14)6(2)11/h3-4,6H,11H2,1-2H3,(H,12,13,14). The van der Waals surface area contributed by atoms with Gasteiger partial charge in [-0.25, -0.2) is 4.98 Å². The number of aromatic nitrogens is 1. The highest BCUT2D eigenvalue weighted by Gasteiger charge is 2.09. The van der Waals surface area contributed by atoms with E-state index in [0.717, 1.165) is 9.13 Å². The fourth-order valence-corrected chi connectivity index (χ4v) is 1.51. The molecule has 76 valence electrons. The van der Waals surface area contributed by atoms with Crippen LogP contribution in [0.1, 0.15) is 12.5 Å². The fraction of sp³-hybridized carbons (Fsp3) is 0.333. The van der Waals surface area contributed by atoms with Crippen LogP contribution in [0.5, 0.6) is 0 Å². The Balaban J connectivity index is 2.82. The Morgan fingerprint density at radius 2 is 2.36 bits per heavy atom. The third-order valence-corrected chi connectivity index (χ3v) is 2.29. The SMILES string of the molecule is Cc1cc(I)cnc1NC(=O)C(C)N. The second-order valence-electron chi connectivity index (χ2n) is 3.10. The Kier molecular flexibility index (Phi) is 3.82. The van der Waals surface area contributed by atoms with Crippen LogP contribution in [0.15, 0.2) is 12.3 Å². The van der Waals surface area contributed by atoms with Crippen LogP contribution in [-0.4, -0.2) is 16.9 Å². The highest BCUT2D eigenvalue weighted by atomic mass is 127. The Bertz CT molecular complexity index is 352. The molecule has 0 fully saturated rings. The molecule has 4 nitrogen and oxygen atoms in total. The summed E-state index contributed by atoms with van der Waals surface area (Å²) in [6, 6.07) is 1.43. The number of hydrogen-bond acceptors (Lipinski definition) is 3. The number of anilines is 1. The van der Waals surface area contributed by atoms with Crippen molar-refractivity contribution in [2.45, 2.75) is 19.9 Å². The number of rotatable bonds is 2. The first-order chi connectivity index (χ1) is 6.50. The van der Waals surface area contributed by atoms with E-state index < -0.39 is 6.04 Å². The van der Waals surface area contributed by atoms with Gasteiger partial charge in [0.15, 0.2) is 0 Å². The molecule has 1 atom stereocenters. The van der Waals surface area contributed by atoms with E-state index in [1.54, 1.807) is 13.1 Å². The number of nitrogens with two attached hydrogens (primary N) is 1. The number of carbonyl (C=O) groups is 1. The summed E-state index contributed by atoms with van der Waals surface area (Å²) in [5.74, 6) is 0.356. The Morgan fingerprint density at radius 3 is 2.86 bits per heavy atom. The lowest BCUT2D eigenvalue weighted by Gasteiger charge is -2.09. The molecule has 0 radical (unpaired) electrons. The molecule has 0 aliphatic heterocycles. The number of carbonyl (C=O) groups excluding carboxylic acids is 1. The highest BCUT2D eigenvalue weighted by Crippen LogP contribution is 2.13. The molecular weight excluding hydrogens is 293 g/mol. The first kappa shape index (κ1) is 11.4. The van der Waals surface area contributed by atoms with Gasteiger partial charge in [-0.05, 0) is 48.1 Å². The van der Waals surface area contributed by atoms with Crippen LogP contribution in [0.25, 0.3) is 0 Å². The molecule has 1 aromatic heterocycles. The average molecular weight is 305 g/mol. The van der Waals surface area contributed by atoms with Gasteiger partial charge in [-0.2, -0.15) is 0 Å². The Labute approximate surface area is 96.4 Å². The molecule has 1 unspecified atom stereocenters. The van der Waals surface area contributed by atoms with Crippen LogP contribution in [0.4, 0.5) is 5.82 Å². The van der Waals surface area contributed by atoms with Gasteiger partial charge in [-0.1, -0.05) is 0 Å².